The third-order valence-corrected chi connectivity index (χ3v) is 1.52. The highest BCUT2D eigenvalue weighted by molar-refractivity contribution is 5.14. The standard InChI is InChI=1S/C6H9N3O2/c1-7-6(9(10)11)4-2-3-5-8-6/h2-5,7-8H,1H3. The molecule has 1 aliphatic heterocycles. The molecule has 0 radical (unpaired) electrons. The Morgan fingerprint density at radius 1 is 1.64 bits per heavy atom. The predicted molar refractivity (Wildman–Crippen MR) is 40.2 cm³/mol. The highest BCUT2D eigenvalue weighted by Crippen LogP contribution is 2.06. The van der Waals surface area contributed by atoms with E-state index in [9.17, 15) is 10.1 Å². The van der Waals surface area contributed by atoms with Crippen molar-refractivity contribution in [3.63, 3.8) is 0 Å². The van der Waals surface area contributed by atoms with Crippen molar-refractivity contribution in [1.82, 2.24) is 10.6 Å². The number of likely N-dealkylation sites (N-methyl/N-ethyl adjacent to an activating group) is 1. The molecule has 1 heterocycles. The summed E-state index contributed by atoms with van der Waals surface area (Å²) in [7, 11) is 1.53. The molecule has 0 aromatic rings. The van der Waals surface area contributed by atoms with Gasteiger partial charge in [0.1, 0.15) is 0 Å². The molecule has 0 fully saturated rings. The van der Waals surface area contributed by atoms with Crippen LogP contribution in [0, 0.1) is 10.1 Å². The summed E-state index contributed by atoms with van der Waals surface area (Å²) in [5, 5.41) is 15.7. The first-order valence-electron chi connectivity index (χ1n) is 3.17. The van der Waals surface area contributed by atoms with Gasteiger partial charge in [0.2, 0.25) is 0 Å². The lowest BCUT2D eigenvalue weighted by Gasteiger charge is -2.22. The smallest absolute Gasteiger partial charge is 0.311 e. The van der Waals surface area contributed by atoms with E-state index in [0.29, 0.717) is 0 Å². The number of nitrogens with zero attached hydrogens (tertiary/aromatic N) is 1. The van der Waals surface area contributed by atoms with Crippen molar-refractivity contribution < 1.29 is 4.92 Å². The summed E-state index contributed by atoms with van der Waals surface area (Å²) in [5.41, 5.74) is 0. The predicted octanol–water partition coefficient (Wildman–Crippen LogP) is -0.191. The van der Waals surface area contributed by atoms with Crippen LogP contribution >= 0.6 is 0 Å². The van der Waals surface area contributed by atoms with Crippen LogP contribution in [0.15, 0.2) is 24.4 Å². The Morgan fingerprint density at radius 2 is 2.36 bits per heavy atom. The molecule has 0 amide bonds. The number of hydrogen-bond donors (Lipinski definition) is 2. The average molecular weight is 155 g/mol. The summed E-state index contributed by atoms with van der Waals surface area (Å²) in [4.78, 5) is 10.1. The summed E-state index contributed by atoms with van der Waals surface area (Å²) in [6.07, 6.45) is 6.29. The van der Waals surface area contributed by atoms with E-state index < -0.39 is 10.7 Å². The molecule has 0 aromatic carbocycles. The molecule has 0 saturated carbocycles. The van der Waals surface area contributed by atoms with Crippen LogP contribution in [0.2, 0.25) is 0 Å². The van der Waals surface area contributed by atoms with Crippen molar-refractivity contribution in [3.05, 3.63) is 34.5 Å². The van der Waals surface area contributed by atoms with Crippen molar-refractivity contribution in [2.45, 2.75) is 5.79 Å². The maximum atomic E-state index is 10.5. The van der Waals surface area contributed by atoms with Crippen molar-refractivity contribution in [2.24, 2.45) is 0 Å². The molecular weight excluding hydrogens is 146 g/mol. The maximum absolute atomic E-state index is 10.5. The second kappa shape index (κ2) is 2.71. The van der Waals surface area contributed by atoms with Gasteiger partial charge in [0.15, 0.2) is 0 Å². The van der Waals surface area contributed by atoms with Crippen LogP contribution in [0.3, 0.4) is 0 Å². The molecule has 5 heteroatoms. The molecule has 0 bridgehead atoms. The van der Waals surface area contributed by atoms with Gasteiger partial charge in [-0.25, -0.2) is 5.32 Å². The summed E-state index contributed by atoms with van der Waals surface area (Å²) < 4.78 is 0. The van der Waals surface area contributed by atoms with Crippen LogP contribution in [0.5, 0.6) is 0 Å². The first kappa shape index (κ1) is 7.74. The Morgan fingerprint density at radius 3 is 2.64 bits per heavy atom. The number of rotatable bonds is 2. The Hall–Kier alpha value is -1.36. The molecule has 1 rings (SSSR count). The van der Waals surface area contributed by atoms with E-state index in [-0.39, 0.29) is 0 Å². The number of allylic oxidation sites excluding steroid dienone is 2. The Balaban J connectivity index is 2.85. The van der Waals surface area contributed by atoms with Crippen molar-refractivity contribution in [2.75, 3.05) is 7.05 Å². The largest absolute Gasteiger partial charge is 0.372 e. The Labute approximate surface area is 63.9 Å². The molecule has 2 N–H and O–H groups in total. The number of nitro groups is 1. The van der Waals surface area contributed by atoms with Gasteiger partial charge in [0.25, 0.3) is 0 Å². The zero-order valence-corrected chi connectivity index (χ0v) is 6.07. The minimum Gasteiger partial charge on any atom is -0.311 e. The third-order valence-electron chi connectivity index (χ3n) is 1.52. The molecule has 0 saturated heterocycles. The zero-order valence-electron chi connectivity index (χ0n) is 6.07. The lowest BCUT2D eigenvalue weighted by molar-refractivity contribution is -0.568. The van der Waals surface area contributed by atoms with Crippen molar-refractivity contribution in [1.29, 1.82) is 0 Å². The zero-order chi connectivity index (χ0) is 8.32. The van der Waals surface area contributed by atoms with Crippen LogP contribution in [-0.4, -0.2) is 17.8 Å². The van der Waals surface area contributed by atoms with Gasteiger partial charge in [-0.1, -0.05) is 6.08 Å². The van der Waals surface area contributed by atoms with Gasteiger partial charge in [-0.3, -0.25) is 10.1 Å². The van der Waals surface area contributed by atoms with Gasteiger partial charge < -0.3 is 5.32 Å². The van der Waals surface area contributed by atoms with E-state index in [1.54, 1.807) is 12.2 Å². The number of nitrogens with one attached hydrogen (secondary N) is 2. The average Bonchev–Trinajstić information content (AvgIpc) is 2.05. The quantitative estimate of drug-likeness (QED) is 0.329. The van der Waals surface area contributed by atoms with Crippen molar-refractivity contribution in [3.8, 4) is 0 Å². The maximum Gasteiger partial charge on any atom is 0.372 e. The fourth-order valence-electron chi connectivity index (χ4n) is 0.834. The van der Waals surface area contributed by atoms with Gasteiger partial charge in [0.05, 0.1) is 4.92 Å². The molecular formula is C6H9N3O2. The fraction of sp³-hybridized carbons (Fsp3) is 0.333. The summed E-state index contributed by atoms with van der Waals surface area (Å²) in [6.45, 7) is 0. The van der Waals surface area contributed by atoms with Gasteiger partial charge in [-0.15, -0.1) is 0 Å². The molecule has 1 unspecified atom stereocenters. The second-order valence-corrected chi connectivity index (χ2v) is 2.14. The van der Waals surface area contributed by atoms with E-state index in [1.165, 1.54) is 19.3 Å². The van der Waals surface area contributed by atoms with E-state index in [2.05, 4.69) is 10.6 Å². The van der Waals surface area contributed by atoms with Crippen LogP contribution < -0.4 is 10.6 Å². The molecule has 11 heavy (non-hydrogen) atoms. The Bertz CT molecular complexity index is 224. The van der Waals surface area contributed by atoms with Gasteiger partial charge in [-0.05, 0) is 13.1 Å². The molecule has 0 aromatic heterocycles. The minimum absolute atomic E-state index is 0.424. The third kappa shape index (κ3) is 1.22. The topological polar surface area (TPSA) is 67.2 Å². The molecule has 5 nitrogen and oxygen atoms in total. The van der Waals surface area contributed by atoms with E-state index >= 15 is 0 Å². The van der Waals surface area contributed by atoms with E-state index in [0.717, 1.165) is 0 Å². The first-order valence-corrected chi connectivity index (χ1v) is 3.17. The second-order valence-electron chi connectivity index (χ2n) is 2.14. The van der Waals surface area contributed by atoms with Crippen LogP contribution in [0.4, 0.5) is 0 Å². The van der Waals surface area contributed by atoms with Crippen LogP contribution in [-0.2, 0) is 0 Å². The molecule has 1 aliphatic rings. The first-order chi connectivity index (χ1) is 5.21. The highest BCUT2D eigenvalue weighted by Gasteiger charge is 2.37. The fourth-order valence-corrected chi connectivity index (χ4v) is 0.834. The Kier molecular flexibility index (Phi) is 1.91. The van der Waals surface area contributed by atoms with Gasteiger partial charge in [-0.2, -0.15) is 0 Å². The lowest BCUT2D eigenvalue weighted by Crippen LogP contribution is -2.58. The number of dihydropyridines is 1. The highest BCUT2D eigenvalue weighted by atomic mass is 16.6. The van der Waals surface area contributed by atoms with E-state index in [1.807, 2.05) is 0 Å². The monoisotopic (exact) mass is 155 g/mol. The van der Waals surface area contributed by atoms with Crippen LogP contribution in [0.1, 0.15) is 0 Å². The molecule has 60 valence electrons. The van der Waals surface area contributed by atoms with E-state index in [4.69, 9.17) is 0 Å². The summed E-state index contributed by atoms with van der Waals surface area (Å²) in [6, 6.07) is 0. The van der Waals surface area contributed by atoms with Gasteiger partial charge >= 0.3 is 5.79 Å². The van der Waals surface area contributed by atoms with Crippen molar-refractivity contribution >= 4 is 0 Å². The number of hydrogen-bond acceptors (Lipinski definition) is 4. The summed E-state index contributed by atoms with van der Waals surface area (Å²) in [5.74, 6) is -1.32. The minimum atomic E-state index is -1.32. The molecule has 0 spiro atoms. The van der Waals surface area contributed by atoms with Gasteiger partial charge in [0, 0.05) is 12.3 Å². The molecule has 1 atom stereocenters. The summed E-state index contributed by atoms with van der Waals surface area (Å²) >= 11 is 0. The van der Waals surface area contributed by atoms with Crippen LogP contribution in [0.25, 0.3) is 0 Å². The lowest BCUT2D eigenvalue weighted by atomic mass is 10.2. The normalized spacial score (nSPS) is 28.1. The molecule has 0 aliphatic carbocycles. The SMILES string of the molecule is CNC1([N+](=O)[O-])C=CC=CN1.